The summed E-state index contributed by atoms with van der Waals surface area (Å²) in [6, 6.07) is 4.03. The van der Waals surface area contributed by atoms with Gasteiger partial charge >= 0.3 is 0 Å². The van der Waals surface area contributed by atoms with Crippen LogP contribution in [0.1, 0.15) is 71.5 Å². The van der Waals surface area contributed by atoms with Crippen molar-refractivity contribution in [2.45, 2.75) is 65.3 Å². The van der Waals surface area contributed by atoms with Crippen LogP contribution in [0, 0.1) is 17.2 Å². The van der Waals surface area contributed by atoms with Gasteiger partial charge in [0, 0.05) is 23.9 Å². The molecule has 0 radical (unpaired) electrons. The fourth-order valence-electron chi connectivity index (χ4n) is 4.23. The first-order chi connectivity index (χ1) is 18.1. The summed E-state index contributed by atoms with van der Waals surface area (Å²) in [6.07, 6.45) is 10.5. The Balaban J connectivity index is 1.58. The second kappa shape index (κ2) is 10.9. The zero-order valence-corrected chi connectivity index (χ0v) is 22.9. The fourth-order valence-corrected chi connectivity index (χ4v) is 4.23. The van der Waals surface area contributed by atoms with Crippen molar-refractivity contribution in [3.8, 4) is 11.6 Å². The van der Waals surface area contributed by atoms with E-state index >= 15 is 0 Å². The molecule has 0 amide bonds. The number of aliphatic imine (C=N–C) groups is 1. The average molecular weight is 517 g/mol. The lowest BCUT2D eigenvalue weighted by molar-refractivity contribution is 0.234. The van der Waals surface area contributed by atoms with E-state index in [1.165, 1.54) is 0 Å². The van der Waals surface area contributed by atoms with Crippen molar-refractivity contribution in [3.05, 3.63) is 53.9 Å². The maximum atomic E-state index is 9.46. The van der Waals surface area contributed by atoms with Gasteiger partial charge in [0.2, 0.25) is 0 Å². The highest BCUT2D eigenvalue weighted by atomic mass is 16.5. The first-order valence-corrected chi connectivity index (χ1v) is 12.9. The van der Waals surface area contributed by atoms with E-state index in [-0.39, 0.29) is 24.3 Å². The summed E-state index contributed by atoms with van der Waals surface area (Å²) in [4.78, 5) is 22.6. The molecule has 0 spiro atoms. The highest BCUT2D eigenvalue weighted by molar-refractivity contribution is 6.13. The summed E-state index contributed by atoms with van der Waals surface area (Å²) in [6.45, 7) is 12.1. The molecule has 3 aromatic heterocycles. The molecule has 10 nitrogen and oxygen atoms in total. The van der Waals surface area contributed by atoms with Crippen LogP contribution >= 0.6 is 0 Å². The SMILES string of the molecule is CCC1CC=C(c2ccc(C(C)(c3noc(-c4cnc(NC(C)(C)CO)cn4)n3)C(C)C)cn2)C=NC1=N. The molecule has 2 atom stereocenters. The van der Waals surface area contributed by atoms with Gasteiger partial charge in [-0.3, -0.25) is 10.4 Å². The Morgan fingerprint density at radius 1 is 1.11 bits per heavy atom. The number of rotatable bonds is 9. The molecular weight excluding hydrogens is 480 g/mol. The summed E-state index contributed by atoms with van der Waals surface area (Å²) in [5, 5.41) is 25.0. The van der Waals surface area contributed by atoms with Crippen LogP contribution in [0.15, 0.2) is 46.3 Å². The Bertz CT molecular complexity index is 1330. The van der Waals surface area contributed by atoms with Gasteiger partial charge in [0.25, 0.3) is 5.89 Å². The van der Waals surface area contributed by atoms with E-state index in [4.69, 9.17) is 19.9 Å². The van der Waals surface area contributed by atoms with Gasteiger partial charge in [-0.25, -0.2) is 15.0 Å². The van der Waals surface area contributed by atoms with E-state index in [1.807, 2.05) is 32.2 Å². The van der Waals surface area contributed by atoms with Crippen LogP contribution in [-0.2, 0) is 5.41 Å². The van der Waals surface area contributed by atoms with Gasteiger partial charge in [-0.2, -0.15) is 4.98 Å². The van der Waals surface area contributed by atoms with E-state index in [0.717, 1.165) is 29.7 Å². The Kier molecular flexibility index (Phi) is 7.82. The number of nitrogens with one attached hydrogen (secondary N) is 2. The Labute approximate surface area is 223 Å². The van der Waals surface area contributed by atoms with Crippen LogP contribution < -0.4 is 5.32 Å². The molecule has 0 aromatic carbocycles. The lowest BCUT2D eigenvalue weighted by atomic mass is 9.73. The number of anilines is 1. The van der Waals surface area contributed by atoms with E-state index in [2.05, 4.69) is 59.2 Å². The van der Waals surface area contributed by atoms with Crippen LogP contribution in [0.4, 0.5) is 5.82 Å². The van der Waals surface area contributed by atoms with Gasteiger partial charge in [-0.1, -0.05) is 38.1 Å². The van der Waals surface area contributed by atoms with E-state index in [1.54, 1.807) is 18.6 Å². The predicted molar refractivity (Wildman–Crippen MR) is 148 cm³/mol. The van der Waals surface area contributed by atoms with E-state index in [9.17, 15) is 5.11 Å². The third-order valence-corrected chi connectivity index (χ3v) is 7.28. The smallest absolute Gasteiger partial charge is 0.278 e. The molecule has 0 saturated heterocycles. The molecule has 4 heterocycles. The molecule has 200 valence electrons. The van der Waals surface area contributed by atoms with Crippen LogP contribution in [0.5, 0.6) is 0 Å². The van der Waals surface area contributed by atoms with Crippen molar-refractivity contribution in [1.29, 1.82) is 5.41 Å². The number of hydrogen-bond acceptors (Lipinski definition) is 9. The minimum absolute atomic E-state index is 0.0394. The lowest BCUT2D eigenvalue weighted by Gasteiger charge is -2.30. The first kappa shape index (κ1) is 27.3. The third-order valence-electron chi connectivity index (χ3n) is 7.28. The molecule has 0 fully saturated rings. The van der Waals surface area contributed by atoms with E-state index in [0.29, 0.717) is 23.2 Å². The van der Waals surface area contributed by atoms with Crippen LogP contribution in [0.25, 0.3) is 17.2 Å². The minimum atomic E-state index is -0.561. The van der Waals surface area contributed by atoms with Crippen molar-refractivity contribution >= 4 is 23.4 Å². The molecule has 0 bridgehead atoms. The lowest BCUT2D eigenvalue weighted by Crippen LogP contribution is -2.35. The number of pyridine rings is 1. The molecule has 38 heavy (non-hydrogen) atoms. The maximum Gasteiger partial charge on any atom is 0.278 e. The first-order valence-electron chi connectivity index (χ1n) is 12.9. The number of aromatic nitrogens is 5. The number of hydrogen-bond donors (Lipinski definition) is 3. The molecule has 3 aromatic rings. The van der Waals surface area contributed by atoms with Gasteiger partial charge in [0.05, 0.1) is 35.6 Å². The van der Waals surface area contributed by atoms with Crippen LogP contribution in [0.3, 0.4) is 0 Å². The maximum absolute atomic E-state index is 9.46. The van der Waals surface area contributed by atoms with Crippen LogP contribution in [0.2, 0.25) is 0 Å². The topological polar surface area (TPSA) is 146 Å². The zero-order valence-electron chi connectivity index (χ0n) is 22.9. The van der Waals surface area contributed by atoms with Gasteiger partial charge in [-0.05, 0) is 51.2 Å². The third kappa shape index (κ3) is 5.55. The van der Waals surface area contributed by atoms with Crippen molar-refractivity contribution < 1.29 is 9.63 Å². The minimum Gasteiger partial charge on any atom is -0.394 e. The summed E-state index contributed by atoms with van der Waals surface area (Å²) in [5.41, 5.74) is 2.09. The molecule has 1 aliphatic heterocycles. The number of aliphatic hydroxyl groups excluding tert-OH is 1. The second-order valence-electron chi connectivity index (χ2n) is 10.8. The summed E-state index contributed by atoms with van der Waals surface area (Å²) >= 11 is 0. The number of nitrogens with zero attached hydrogens (tertiary/aromatic N) is 6. The van der Waals surface area contributed by atoms with Gasteiger partial charge in [0.1, 0.15) is 17.3 Å². The molecule has 0 aliphatic carbocycles. The Morgan fingerprint density at radius 3 is 2.47 bits per heavy atom. The fraction of sp³-hybridized carbons (Fsp3) is 0.464. The zero-order chi connectivity index (χ0) is 27.5. The van der Waals surface area contributed by atoms with Gasteiger partial charge in [-0.15, -0.1) is 0 Å². The van der Waals surface area contributed by atoms with E-state index < -0.39 is 11.0 Å². The summed E-state index contributed by atoms with van der Waals surface area (Å²) in [5.74, 6) is 2.07. The largest absolute Gasteiger partial charge is 0.394 e. The standard InChI is InChI=1S/C28H36N8O2/c1-7-18-8-9-19(12-33-24(18)29)21-11-10-20(13-30-21)28(6,17(2)3)26-34-25(38-36-26)22-14-32-23(15-31-22)35-27(4,5)16-37/h9-15,17-18,29,37H,7-8,16H2,1-6H3,(H,32,35). The number of amidine groups is 1. The normalized spacial score (nSPS) is 17.7. The highest BCUT2D eigenvalue weighted by Crippen LogP contribution is 2.38. The second-order valence-corrected chi connectivity index (χ2v) is 10.8. The van der Waals surface area contributed by atoms with Gasteiger partial charge in [0.15, 0.2) is 5.82 Å². The van der Waals surface area contributed by atoms with Crippen molar-refractivity contribution in [2.75, 3.05) is 11.9 Å². The molecule has 0 saturated carbocycles. The predicted octanol–water partition coefficient (Wildman–Crippen LogP) is 4.93. The molecule has 1 aliphatic rings. The summed E-state index contributed by atoms with van der Waals surface area (Å²) in [7, 11) is 0. The monoisotopic (exact) mass is 516 g/mol. The van der Waals surface area contributed by atoms with Crippen molar-refractivity contribution in [2.24, 2.45) is 16.8 Å². The number of allylic oxidation sites excluding steroid dienone is 2. The quantitative estimate of drug-likeness (QED) is 0.363. The Hall–Kier alpha value is -3.79. The molecule has 3 N–H and O–H groups in total. The molecular formula is C28H36N8O2. The van der Waals surface area contributed by atoms with Crippen LogP contribution in [-0.4, -0.2) is 54.4 Å². The molecule has 4 rings (SSSR count). The number of aliphatic hydroxyl groups is 1. The molecule has 10 heteroatoms. The van der Waals surface area contributed by atoms with Gasteiger partial charge < -0.3 is 14.9 Å². The van der Waals surface area contributed by atoms with Crippen molar-refractivity contribution in [3.63, 3.8) is 0 Å². The molecule has 2 unspecified atom stereocenters. The average Bonchev–Trinajstić information content (AvgIpc) is 3.33. The van der Waals surface area contributed by atoms with Crippen molar-refractivity contribution in [1.82, 2.24) is 25.1 Å². The Morgan fingerprint density at radius 2 is 1.87 bits per heavy atom. The highest BCUT2D eigenvalue weighted by Gasteiger charge is 2.38. The summed E-state index contributed by atoms with van der Waals surface area (Å²) < 4.78 is 5.60.